The molecule has 3 rings (SSSR count). The highest BCUT2D eigenvalue weighted by molar-refractivity contribution is 7.71. The number of aromatic amines is 1. The number of para-hydroxylation sites is 1. The Bertz CT molecular complexity index is 935. The molecule has 1 aliphatic heterocycles. The van der Waals surface area contributed by atoms with Crippen molar-refractivity contribution in [3.8, 4) is 5.88 Å². The second-order valence-electron chi connectivity index (χ2n) is 5.01. The number of nitrogens with one attached hydrogen (secondary N) is 1. The van der Waals surface area contributed by atoms with Crippen molar-refractivity contribution in [2.24, 2.45) is 4.99 Å². The van der Waals surface area contributed by atoms with E-state index in [1.165, 1.54) is 4.57 Å². The van der Waals surface area contributed by atoms with Crippen molar-refractivity contribution >= 4 is 35.3 Å². The van der Waals surface area contributed by atoms with Crippen LogP contribution in [0.1, 0.15) is 25.0 Å². The summed E-state index contributed by atoms with van der Waals surface area (Å²) in [6.07, 6.45) is 1.67. The molecule has 0 amide bonds. The van der Waals surface area contributed by atoms with Crippen LogP contribution in [0.4, 0.5) is 5.69 Å². The Morgan fingerprint density at radius 1 is 1.41 bits per heavy atom. The van der Waals surface area contributed by atoms with Gasteiger partial charge in [-0.05, 0) is 38.2 Å². The first kappa shape index (κ1) is 14.5. The summed E-state index contributed by atoms with van der Waals surface area (Å²) in [6, 6.07) is 7.70. The molecule has 0 spiro atoms. The van der Waals surface area contributed by atoms with Gasteiger partial charge in [-0.1, -0.05) is 18.2 Å². The third-order valence-corrected chi connectivity index (χ3v) is 4.01. The highest BCUT2D eigenvalue weighted by Crippen LogP contribution is 2.35. The molecule has 2 N–H and O–H groups in total. The highest BCUT2D eigenvalue weighted by atomic mass is 32.1. The van der Waals surface area contributed by atoms with Crippen LogP contribution in [0.15, 0.2) is 34.1 Å². The van der Waals surface area contributed by atoms with Gasteiger partial charge in [-0.15, -0.1) is 0 Å². The lowest BCUT2D eigenvalue weighted by atomic mass is 10.0. The molecule has 1 aromatic carbocycles. The van der Waals surface area contributed by atoms with Gasteiger partial charge in [0.05, 0.1) is 5.69 Å². The van der Waals surface area contributed by atoms with E-state index in [0.717, 1.165) is 22.5 Å². The van der Waals surface area contributed by atoms with Crippen LogP contribution in [0.3, 0.4) is 0 Å². The summed E-state index contributed by atoms with van der Waals surface area (Å²) in [5.41, 5.74) is 3.24. The van der Waals surface area contributed by atoms with Gasteiger partial charge in [-0.2, -0.15) is 0 Å². The number of aliphatic imine (C=N–C) groups is 1. The summed E-state index contributed by atoms with van der Waals surface area (Å²) in [6.45, 7) is 4.20. The van der Waals surface area contributed by atoms with E-state index in [2.05, 4.69) is 9.98 Å². The maximum atomic E-state index is 12.2. The molecular formula is C16H15N3O2S. The number of aromatic nitrogens is 2. The maximum absolute atomic E-state index is 12.2. The fraction of sp³-hybridized carbons (Fsp3) is 0.188. The van der Waals surface area contributed by atoms with E-state index in [9.17, 15) is 9.90 Å². The van der Waals surface area contributed by atoms with Crippen molar-refractivity contribution in [3.05, 3.63) is 50.5 Å². The summed E-state index contributed by atoms with van der Waals surface area (Å²) < 4.78 is 1.69. The van der Waals surface area contributed by atoms with Gasteiger partial charge in [0.2, 0.25) is 5.88 Å². The zero-order chi connectivity index (χ0) is 15.9. The normalized spacial score (nSPS) is 15.0. The van der Waals surface area contributed by atoms with E-state index in [1.54, 1.807) is 6.08 Å². The quantitative estimate of drug-likeness (QED) is 0.836. The third kappa shape index (κ3) is 2.21. The summed E-state index contributed by atoms with van der Waals surface area (Å²) in [5.74, 6) is -0.124. The van der Waals surface area contributed by atoms with Crippen LogP contribution >= 0.6 is 12.2 Å². The van der Waals surface area contributed by atoms with Crippen molar-refractivity contribution in [3.63, 3.8) is 0 Å². The van der Waals surface area contributed by atoms with Gasteiger partial charge in [0, 0.05) is 23.4 Å². The van der Waals surface area contributed by atoms with E-state index in [1.807, 2.05) is 38.1 Å². The number of allylic oxidation sites excluding steroid dienone is 1. The minimum atomic E-state index is -0.406. The third-order valence-electron chi connectivity index (χ3n) is 3.68. The molecular weight excluding hydrogens is 298 g/mol. The Labute approximate surface area is 132 Å². The molecule has 0 saturated heterocycles. The number of aromatic hydroxyl groups is 1. The predicted octanol–water partition coefficient (Wildman–Crippen LogP) is 3.28. The zero-order valence-corrected chi connectivity index (χ0v) is 13.1. The van der Waals surface area contributed by atoms with Crippen molar-refractivity contribution in [1.82, 2.24) is 9.55 Å². The number of fused-ring (bicyclic) bond motifs is 1. The topological polar surface area (TPSA) is 70.4 Å². The number of nitrogens with zero attached hydrogens (tertiary/aromatic N) is 2. The first-order chi connectivity index (χ1) is 10.5. The van der Waals surface area contributed by atoms with Crippen LogP contribution in [-0.2, 0) is 6.54 Å². The molecule has 22 heavy (non-hydrogen) atoms. The standard InChI is InChI=1S/C16H15N3O2S/c1-3-19-15(21)12(14(20)18-16(19)22)8-11-9(2)17-13-7-5-4-6-10(11)13/h4-8,21H,3H2,1-2H3,(H,18,20,22). The van der Waals surface area contributed by atoms with E-state index in [0.29, 0.717) is 6.54 Å². The van der Waals surface area contributed by atoms with Crippen molar-refractivity contribution < 1.29 is 5.11 Å². The van der Waals surface area contributed by atoms with Gasteiger partial charge in [0.1, 0.15) is 5.56 Å². The summed E-state index contributed by atoms with van der Waals surface area (Å²) in [5, 5.41) is 10.3. The molecule has 0 atom stereocenters. The van der Waals surface area contributed by atoms with Gasteiger partial charge >= 0.3 is 0 Å². The highest BCUT2D eigenvalue weighted by Gasteiger charge is 2.19. The molecule has 0 bridgehead atoms. The van der Waals surface area contributed by atoms with Crippen LogP contribution in [0.2, 0.25) is 0 Å². The first-order valence-corrected chi connectivity index (χ1v) is 7.36. The molecule has 0 saturated carbocycles. The van der Waals surface area contributed by atoms with Gasteiger partial charge in [0.15, 0.2) is 4.77 Å². The second kappa shape index (κ2) is 5.38. The van der Waals surface area contributed by atoms with Gasteiger partial charge in [-0.3, -0.25) is 19.3 Å². The molecule has 6 heteroatoms. The Morgan fingerprint density at radius 2 is 2.14 bits per heavy atom. The molecule has 2 heterocycles. The Hall–Kier alpha value is -2.47. The van der Waals surface area contributed by atoms with Crippen LogP contribution < -0.4 is 5.56 Å². The second-order valence-corrected chi connectivity index (χ2v) is 5.40. The SMILES string of the molecule is CCn1c(O)c(C=C2C(C)=Nc3ccccc32)c(=O)[nH]c1=S. The summed E-state index contributed by atoms with van der Waals surface area (Å²) >= 11 is 5.06. The summed E-state index contributed by atoms with van der Waals surface area (Å²) in [4.78, 5) is 19.2. The van der Waals surface area contributed by atoms with Crippen LogP contribution in [-0.4, -0.2) is 20.4 Å². The van der Waals surface area contributed by atoms with Crippen molar-refractivity contribution in [2.45, 2.75) is 20.4 Å². The minimum Gasteiger partial charge on any atom is -0.494 e. The van der Waals surface area contributed by atoms with E-state index < -0.39 is 5.56 Å². The zero-order valence-electron chi connectivity index (χ0n) is 12.3. The predicted molar refractivity (Wildman–Crippen MR) is 90.3 cm³/mol. The largest absolute Gasteiger partial charge is 0.494 e. The number of H-pyrrole nitrogens is 1. The molecule has 0 aliphatic carbocycles. The molecule has 1 aliphatic rings. The average Bonchev–Trinajstić information content (AvgIpc) is 2.79. The van der Waals surface area contributed by atoms with Crippen molar-refractivity contribution in [1.29, 1.82) is 0 Å². The molecule has 2 aromatic rings. The van der Waals surface area contributed by atoms with E-state index in [4.69, 9.17) is 12.2 Å². The fourth-order valence-corrected chi connectivity index (χ4v) is 2.87. The van der Waals surface area contributed by atoms with Crippen LogP contribution in [0.5, 0.6) is 5.88 Å². The minimum absolute atomic E-state index is 0.124. The Morgan fingerprint density at radius 3 is 2.86 bits per heavy atom. The van der Waals surface area contributed by atoms with Crippen LogP contribution in [0.25, 0.3) is 11.6 Å². The average molecular weight is 313 g/mol. The molecule has 0 unspecified atom stereocenters. The molecule has 0 radical (unpaired) electrons. The molecule has 112 valence electrons. The Balaban J connectivity index is 2.25. The fourth-order valence-electron chi connectivity index (χ4n) is 2.56. The number of hydrogen-bond donors (Lipinski definition) is 2. The molecule has 0 fully saturated rings. The maximum Gasteiger partial charge on any atom is 0.262 e. The molecule has 5 nitrogen and oxygen atoms in total. The van der Waals surface area contributed by atoms with E-state index >= 15 is 0 Å². The summed E-state index contributed by atoms with van der Waals surface area (Å²) in [7, 11) is 0. The first-order valence-electron chi connectivity index (χ1n) is 6.95. The lowest BCUT2D eigenvalue weighted by molar-refractivity contribution is 0.408. The molecule has 1 aromatic heterocycles. The lowest BCUT2D eigenvalue weighted by Gasteiger charge is -2.09. The Kier molecular flexibility index (Phi) is 3.54. The monoisotopic (exact) mass is 313 g/mol. The number of rotatable bonds is 2. The smallest absolute Gasteiger partial charge is 0.262 e. The number of hydrogen-bond acceptors (Lipinski definition) is 4. The van der Waals surface area contributed by atoms with E-state index in [-0.39, 0.29) is 16.2 Å². The lowest BCUT2D eigenvalue weighted by Crippen LogP contribution is -2.16. The number of benzene rings is 1. The van der Waals surface area contributed by atoms with Gasteiger partial charge in [0.25, 0.3) is 5.56 Å². The van der Waals surface area contributed by atoms with Crippen molar-refractivity contribution in [2.75, 3.05) is 0 Å². The van der Waals surface area contributed by atoms with Gasteiger partial charge < -0.3 is 5.11 Å². The van der Waals surface area contributed by atoms with Gasteiger partial charge in [-0.25, -0.2) is 0 Å². The van der Waals surface area contributed by atoms with Crippen LogP contribution in [0, 0.1) is 4.77 Å².